The maximum Gasteiger partial charge on any atom is 0.312 e. The molecular weight excluding hydrogens is 404 g/mol. The summed E-state index contributed by atoms with van der Waals surface area (Å²) >= 11 is 0. The number of hydrogen-bond donors (Lipinski definition) is 1. The Balaban J connectivity index is 1.51. The number of hydrogen-bond acceptors (Lipinski definition) is 3. The lowest BCUT2D eigenvalue weighted by Gasteiger charge is -2.34. The summed E-state index contributed by atoms with van der Waals surface area (Å²) < 4.78 is 26.7. The lowest BCUT2D eigenvalue weighted by molar-refractivity contribution is -0.157. The summed E-state index contributed by atoms with van der Waals surface area (Å²) in [7, 11) is 0. The van der Waals surface area contributed by atoms with Gasteiger partial charge in [-0.3, -0.25) is 14.4 Å². The van der Waals surface area contributed by atoms with Crippen molar-refractivity contribution in [2.45, 2.75) is 26.9 Å². The molecule has 1 atom stereocenters. The van der Waals surface area contributed by atoms with Crippen LogP contribution in [-0.4, -0.2) is 47.2 Å². The van der Waals surface area contributed by atoms with Crippen molar-refractivity contribution in [3.05, 3.63) is 70.8 Å². The van der Waals surface area contributed by atoms with E-state index in [-0.39, 0.29) is 24.6 Å². The van der Waals surface area contributed by atoms with E-state index in [0.29, 0.717) is 19.6 Å². The number of carbonyl (C=O) groups excluding carboxylic acids is 3. The highest BCUT2D eigenvalue weighted by Gasteiger charge is 2.33. The SMILES string of the molecule is Cc1ccc(CN2CCN(CC(C)C(=O)NCc3ccc(F)cc3F)C(=O)C2=O)cc1. The number of aryl methyl sites for hydroxylation is 1. The van der Waals surface area contributed by atoms with Crippen molar-refractivity contribution in [1.82, 2.24) is 15.1 Å². The second-order valence-corrected chi connectivity index (χ2v) is 7.82. The minimum Gasteiger partial charge on any atom is -0.352 e. The molecule has 164 valence electrons. The predicted octanol–water partition coefficient (Wildman–Crippen LogP) is 2.40. The number of carbonyl (C=O) groups is 3. The van der Waals surface area contributed by atoms with Crippen molar-refractivity contribution < 1.29 is 23.2 Å². The second kappa shape index (κ2) is 9.68. The molecule has 3 amide bonds. The Morgan fingerprint density at radius 3 is 2.35 bits per heavy atom. The molecule has 0 aromatic heterocycles. The molecule has 0 spiro atoms. The zero-order chi connectivity index (χ0) is 22.5. The van der Waals surface area contributed by atoms with Gasteiger partial charge in [0.05, 0.1) is 5.92 Å². The molecule has 31 heavy (non-hydrogen) atoms. The smallest absolute Gasteiger partial charge is 0.312 e. The van der Waals surface area contributed by atoms with Gasteiger partial charge in [-0.05, 0) is 18.6 Å². The molecule has 1 unspecified atom stereocenters. The third-order valence-corrected chi connectivity index (χ3v) is 5.30. The maximum absolute atomic E-state index is 13.7. The van der Waals surface area contributed by atoms with Gasteiger partial charge in [-0.25, -0.2) is 8.78 Å². The van der Waals surface area contributed by atoms with E-state index in [1.807, 2.05) is 31.2 Å². The van der Waals surface area contributed by atoms with Crippen molar-refractivity contribution in [3.8, 4) is 0 Å². The van der Waals surface area contributed by atoms with Gasteiger partial charge < -0.3 is 15.1 Å². The Morgan fingerprint density at radius 1 is 1.03 bits per heavy atom. The van der Waals surface area contributed by atoms with Crippen molar-refractivity contribution in [2.24, 2.45) is 5.92 Å². The van der Waals surface area contributed by atoms with Crippen LogP contribution in [0.2, 0.25) is 0 Å². The van der Waals surface area contributed by atoms with E-state index >= 15 is 0 Å². The van der Waals surface area contributed by atoms with Gasteiger partial charge in [0, 0.05) is 44.4 Å². The fraction of sp³-hybridized carbons (Fsp3) is 0.348. The van der Waals surface area contributed by atoms with Crippen molar-refractivity contribution in [3.63, 3.8) is 0 Å². The van der Waals surface area contributed by atoms with Crippen LogP contribution in [0.15, 0.2) is 42.5 Å². The lowest BCUT2D eigenvalue weighted by Crippen LogP contribution is -2.55. The molecule has 2 aromatic rings. The molecule has 2 aromatic carbocycles. The van der Waals surface area contributed by atoms with E-state index < -0.39 is 29.4 Å². The quantitative estimate of drug-likeness (QED) is 0.688. The lowest BCUT2D eigenvalue weighted by atomic mass is 10.1. The molecule has 0 aliphatic carbocycles. The van der Waals surface area contributed by atoms with Gasteiger partial charge in [0.25, 0.3) is 0 Å². The average Bonchev–Trinajstić information content (AvgIpc) is 2.74. The Bertz CT molecular complexity index is 979. The van der Waals surface area contributed by atoms with Crippen LogP contribution in [0.3, 0.4) is 0 Å². The monoisotopic (exact) mass is 429 g/mol. The summed E-state index contributed by atoms with van der Waals surface area (Å²) in [6.07, 6.45) is 0. The number of amides is 3. The van der Waals surface area contributed by atoms with Crippen molar-refractivity contribution >= 4 is 17.7 Å². The molecule has 1 N–H and O–H groups in total. The molecule has 0 saturated carbocycles. The molecule has 1 heterocycles. The summed E-state index contributed by atoms with van der Waals surface area (Å²) in [5.41, 5.74) is 2.23. The molecule has 6 nitrogen and oxygen atoms in total. The largest absolute Gasteiger partial charge is 0.352 e. The van der Waals surface area contributed by atoms with Crippen LogP contribution in [0.4, 0.5) is 8.78 Å². The van der Waals surface area contributed by atoms with Crippen LogP contribution < -0.4 is 5.32 Å². The van der Waals surface area contributed by atoms with Gasteiger partial charge in [-0.2, -0.15) is 0 Å². The van der Waals surface area contributed by atoms with Gasteiger partial charge in [0.2, 0.25) is 5.91 Å². The average molecular weight is 429 g/mol. The number of benzene rings is 2. The number of nitrogens with zero attached hydrogens (tertiary/aromatic N) is 2. The second-order valence-electron chi connectivity index (χ2n) is 7.82. The minimum atomic E-state index is -0.738. The summed E-state index contributed by atoms with van der Waals surface area (Å²) in [5.74, 6) is -3.63. The standard InChI is InChI=1S/C23H25F2N3O3/c1-15-3-5-17(6-4-15)14-28-10-9-27(22(30)23(28)31)13-16(2)21(29)26-12-18-7-8-19(24)11-20(18)25/h3-8,11,16H,9-10,12-14H2,1-2H3,(H,26,29). The summed E-state index contributed by atoms with van der Waals surface area (Å²) in [4.78, 5) is 40.2. The van der Waals surface area contributed by atoms with E-state index in [9.17, 15) is 23.2 Å². The third-order valence-electron chi connectivity index (χ3n) is 5.30. The van der Waals surface area contributed by atoms with Crippen molar-refractivity contribution in [2.75, 3.05) is 19.6 Å². The molecule has 0 bridgehead atoms. The molecular formula is C23H25F2N3O3. The van der Waals surface area contributed by atoms with E-state index in [4.69, 9.17) is 0 Å². The Labute approximate surface area is 179 Å². The Hall–Kier alpha value is -3.29. The highest BCUT2D eigenvalue weighted by atomic mass is 19.1. The van der Waals surface area contributed by atoms with E-state index in [2.05, 4.69) is 5.32 Å². The van der Waals surface area contributed by atoms with Crippen LogP contribution in [0.1, 0.15) is 23.6 Å². The number of nitrogens with one attached hydrogen (secondary N) is 1. The minimum absolute atomic E-state index is 0.0840. The van der Waals surface area contributed by atoms with Crippen molar-refractivity contribution in [1.29, 1.82) is 0 Å². The number of piperazine rings is 1. The van der Waals surface area contributed by atoms with Crippen LogP contribution in [0, 0.1) is 24.5 Å². The first kappa shape index (κ1) is 22.4. The van der Waals surface area contributed by atoms with Gasteiger partial charge in [-0.1, -0.05) is 42.8 Å². The highest BCUT2D eigenvalue weighted by molar-refractivity contribution is 6.35. The van der Waals surface area contributed by atoms with E-state index in [1.165, 1.54) is 15.9 Å². The van der Waals surface area contributed by atoms with Gasteiger partial charge in [0.1, 0.15) is 11.6 Å². The summed E-state index contributed by atoms with van der Waals surface area (Å²) in [6.45, 7) is 4.68. The molecule has 1 aliphatic rings. The first-order chi connectivity index (χ1) is 14.7. The van der Waals surface area contributed by atoms with E-state index in [0.717, 1.165) is 23.3 Å². The zero-order valence-electron chi connectivity index (χ0n) is 17.5. The Morgan fingerprint density at radius 2 is 1.68 bits per heavy atom. The van der Waals surface area contributed by atoms with Crippen LogP contribution >= 0.6 is 0 Å². The molecule has 1 aliphatic heterocycles. The number of halogens is 2. The van der Waals surface area contributed by atoms with Crippen LogP contribution in [0.25, 0.3) is 0 Å². The maximum atomic E-state index is 13.7. The fourth-order valence-corrected chi connectivity index (χ4v) is 3.39. The van der Waals surface area contributed by atoms with Crippen LogP contribution in [0.5, 0.6) is 0 Å². The molecule has 3 rings (SSSR count). The molecule has 8 heteroatoms. The number of rotatable bonds is 7. The molecule has 1 saturated heterocycles. The van der Waals surface area contributed by atoms with Crippen LogP contribution in [-0.2, 0) is 27.5 Å². The molecule has 0 radical (unpaired) electrons. The Kier molecular flexibility index (Phi) is 6.99. The third kappa shape index (κ3) is 5.65. The molecule has 1 fully saturated rings. The topological polar surface area (TPSA) is 69.7 Å². The first-order valence-electron chi connectivity index (χ1n) is 10.1. The normalized spacial score (nSPS) is 15.2. The van der Waals surface area contributed by atoms with Gasteiger partial charge >= 0.3 is 11.8 Å². The predicted molar refractivity (Wildman–Crippen MR) is 111 cm³/mol. The van der Waals surface area contributed by atoms with E-state index in [1.54, 1.807) is 6.92 Å². The highest BCUT2D eigenvalue weighted by Crippen LogP contribution is 2.14. The first-order valence-corrected chi connectivity index (χ1v) is 10.1. The summed E-state index contributed by atoms with van der Waals surface area (Å²) in [5, 5.41) is 2.59. The van der Waals surface area contributed by atoms with Gasteiger partial charge in [0.15, 0.2) is 0 Å². The zero-order valence-corrected chi connectivity index (χ0v) is 17.5. The summed E-state index contributed by atoms with van der Waals surface area (Å²) in [6, 6.07) is 10.9. The van der Waals surface area contributed by atoms with Gasteiger partial charge in [-0.15, -0.1) is 0 Å². The fourth-order valence-electron chi connectivity index (χ4n) is 3.39.